The minimum Gasteiger partial charge on any atom is -0.478 e. The topological polar surface area (TPSA) is 64.5 Å². The van der Waals surface area contributed by atoms with Crippen LogP contribution in [0.4, 0.5) is 0 Å². The van der Waals surface area contributed by atoms with Crippen LogP contribution in [0.25, 0.3) is 10.9 Å². The number of carbonyl (C=O) groups is 1. The molecule has 26 heavy (non-hydrogen) atoms. The number of benzene rings is 1. The van der Waals surface area contributed by atoms with Crippen molar-refractivity contribution in [2.75, 3.05) is 19.7 Å². The summed E-state index contributed by atoms with van der Waals surface area (Å²) in [6, 6.07) is 15.2. The van der Waals surface area contributed by atoms with E-state index in [1.165, 1.54) is 0 Å². The van der Waals surface area contributed by atoms with E-state index in [1.807, 2.05) is 43.3 Å². The summed E-state index contributed by atoms with van der Waals surface area (Å²) in [5, 5.41) is 1.08. The lowest BCUT2D eigenvalue weighted by molar-refractivity contribution is 0.0161. The standard InChI is InChI=1S/C20H19N3O3/c1-2-25-18-9-8-15(11-21-18)20(24)23-12-16(13-23)26-19-10-7-14-5-3-4-6-17(14)22-19/h3-11,16H,2,12-13H2,1H3. The molecule has 1 fully saturated rings. The van der Waals surface area contributed by atoms with E-state index in [2.05, 4.69) is 9.97 Å². The van der Waals surface area contributed by atoms with Crippen LogP contribution in [-0.4, -0.2) is 46.6 Å². The number of para-hydroxylation sites is 1. The summed E-state index contributed by atoms with van der Waals surface area (Å²) < 4.78 is 11.2. The SMILES string of the molecule is CCOc1ccc(C(=O)N2CC(Oc3ccc4ccccc4n3)C2)cn1. The van der Waals surface area contributed by atoms with Crippen molar-refractivity contribution in [3.63, 3.8) is 0 Å². The third-order valence-corrected chi connectivity index (χ3v) is 4.27. The number of fused-ring (bicyclic) bond motifs is 1. The number of carbonyl (C=O) groups excluding carboxylic acids is 1. The number of hydrogen-bond acceptors (Lipinski definition) is 5. The first-order chi connectivity index (χ1) is 12.7. The summed E-state index contributed by atoms with van der Waals surface area (Å²) in [7, 11) is 0. The molecule has 1 saturated heterocycles. The van der Waals surface area contributed by atoms with Gasteiger partial charge in [0.05, 0.1) is 30.8 Å². The van der Waals surface area contributed by atoms with Crippen LogP contribution in [0.3, 0.4) is 0 Å². The number of pyridine rings is 2. The van der Waals surface area contributed by atoms with Gasteiger partial charge in [-0.3, -0.25) is 4.79 Å². The van der Waals surface area contributed by atoms with E-state index in [1.54, 1.807) is 23.2 Å². The number of likely N-dealkylation sites (tertiary alicyclic amines) is 1. The lowest BCUT2D eigenvalue weighted by Crippen LogP contribution is -2.56. The van der Waals surface area contributed by atoms with Gasteiger partial charge in [0.2, 0.25) is 11.8 Å². The van der Waals surface area contributed by atoms with Gasteiger partial charge in [-0.2, -0.15) is 0 Å². The van der Waals surface area contributed by atoms with Crippen LogP contribution in [-0.2, 0) is 0 Å². The molecule has 1 aliphatic rings. The van der Waals surface area contributed by atoms with Crippen molar-refractivity contribution in [1.29, 1.82) is 0 Å². The Hall–Kier alpha value is -3.15. The maximum Gasteiger partial charge on any atom is 0.255 e. The molecule has 3 aromatic rings. The number of rotatable bonds is 5. The fraction of sp³-hybridized carbons (Fsp3) is 0.250. The average molecular weight is 349 g/mol. The molecular formula is C20H19N3O3. The highest BCUT2D eigenvalue weighted by molar-refractivity contribution is 5.94. The molecule has 0 atom stereocenters. The Morgan fingerprint density at radius 1 is 1.12 bits per heavy atom. The zero-order chi connectivity index (χ0) is 17.9. The Kier molecular flexibility index (Phi) is 4.39. The predicted octanol–water partition coefficient (Wildman–Crippen LogP) is 2.93. The fourth-order valence-electron chi connectivity index (χ4n) is 2.88. The summed E-state index contributed by atoms with van der Waals surface area (Å²) in [4.78, 5) is 22.8. The van der Waals surface area contributed by atoms with E-state index in [0.29, 0.717) is 37.0 Å². The minimum atomic E-state index is -0.0492. The van der Waals surface area contributed by atoms with Crippen LogP contribution in [0.15, 0.2) is 54.7 Å². The number of nitrogens with zero attached hydrogens (tertiary/aromatic N) is 3. The molecule has 0 spiro atoms. The van der Waals surface area contributed by atoms with E-state index in [4.69, 9.17) is 9.47 Å². The van der Waals surface area contributed by atoms with Crippen molar-refractivity contribution in [1.82, 2.24) is 14.9 Å². The van der Waals surface area contributed by atoms with Crippen LogP contribution < -0.4 is 9.47 Å². The number of ether oxygens (including phenoxy) is 2. The second kappa shape index (κ2) is 7.00. The molecule has 0 N–H and O–H groups in total. The van der Waals surface area contributed by atoms with E-state index in [9.17, 15) is 4.79 Å². The number of hydrogen-bond donors (Lipinski definition) is 0. The molecule has 3 heterocycles. The van der Waals surface area contributed by atoms with Crippen molar-refractivity contribution < 1.29 is 14.3 Å². The molecule has 0 unspecified atom stereocenters. The second-order valence-corrected chi connectivity index (χ2v) is 6.11. The van der Waals surface area contributed by atoms with Crippen molar-refractivity contribution in [2.24, 2.45) is 0 Å². The molecule has 132 valence electrons. The van der Waals surface area contributed by atoms with Crippen LogP contribution in [0.5, 0.6) is 11.8 Å². The fourth-order valence-corrected chi connectivity index (χ4v) is 2.88. The highest BCUT2D eigenvalue weighted by atomic mass is 16.5. The maximum atomic E-state index is 12.4. The average Bonchev–Trinajstić information content (AvgIpc) is 2.64. The largest absolute Gasteiger partial charge is 0.478 e. The quantitative estimate of drug-likeness (QED) is 0.709. The summed E-state index contributed by atoms with van der Waals surface area (Å²) >= 11 is 0. The predicted molar refractivity (Wildman–Crippen MR) is 97.5 cm³/mol. The molecule has 4 rings (SSSR count). The Morgan fingerprint density at radius 3 is 2.69 bits per heavy atom. The Labute approximate surface area is 151 Å². The molecule has 6 nitrogen and oxygen atoms in total. The van der Waals surface area contributed by atoms with Gasteiger partial charge in [0, 0.05) is 23.7 Å². The molecular weight excluding hydrogens is 330 g/mol. The van der Waals surface area contributed by atoms with Crippen molar-refractivity contribution in [3.8, 4) is 11.8 Å². The second-order valence-electron chi connectivity index (χ2n) is 6.11. The van der Waals surface area contributed by atoms with E-state index >= 15 is 0 Å². The Bertz CT molecular complexity index is 921. The van der Waals surface area contributed by atoms with Gasteiger partial charge in [-0.1, -0.05) is 18.2 Å². The lowest BCUT2D eigenvalue weighted by atomic mass is 10.1. The molecule has 1 aromatic carbocycles. The Morgan fingerprint density at radius 2 is 1.92 bits per heavy atom. The minimum absolute atomic E-state index is 0.0386. The van der Waals surface area contributed by atoms with Gasteiger partial charge in [-0.15, -0.1) is 0 Å². The maximum absolute atomic E-state index is 12.4. The summed E-state index contributed by atoms with van der Waals surface area (Å²) in [5.41, 5.74) is 1.45. The van der Waals surface area contributed by atoms with Gasteiger partial charge < -0.3 is 14.4 Å². The Balaban J connectivity index is 1.34. The monoisotopic (exact) mass is 349 g/mol. The molecule has 0 saturated carbocycles. The van der Waals surface area contributed by atoms with E-state index < -0.39 is 0 Å². The highest BCUT2D eigenvalue weighted by Gasteiger charge is 2.33. The van der Waals surface area contributed by atoms with Crippen molar-refractivity contribution in [2.45, 2.75) is 13.0 Å². The summed E-state index contributed by atoms with van der Waals surface area (Å²) in [5.74, 6) is 1.06. The number of amides is 1. The van der Waals surface area contributed by atoms with Gasteiger partial charge in [0.15, 0.2) is 0 Å². The van der Waals surface area contributed by atoms with Crippen molar-refractivity contribution in [3.05, 3.63) is 60.3 Å². The van der Waals surface area contributed by atoms with Gasteiger partial charge in [0.1, 0.15) is 6.10 Å². The van der Waals surface area contributed by atoms with Gasteiger partial charge >= 0.3 is 0 Å². The first kappa shape index (κ1) is 16.3. The van der Waals surface area contributed by atoms with E-state index in [0.717, 1.165) is 10.9 Å². The molecule has 0 radical (unpaired) electrons. The van der Waals surface area contributed by atoms with Gasteiger partial charge in [-0.25, -0.2) is 9.97 Å². The molecule has 0 aliphatic carbocycles. The van der Waals surface area contributed by atoms with E-state index in [-0.39, 0.29) is 12.0 Å². The summed E-state index contributed by atoms with van der Waals surface area (Å²) in [6.45, 7) is 3.53. The molecule has 0 bridgehead atoms. The van der Waals surface area contributed by atoms with Crippen LogP contribution in [0, 0.1) is 0 Å². The van der Waals surface area contributed by atoms with Gasteiger partial charge in [0.25, 0.3) is 5.91 Å². The lowest BCUT2D eigenvalue weighted by Gasteiger charge is -2.38. The third-order valence-electron chi connectivity index (χ3n) is 4.27. The molecule has 1 aliphatic heterocycles. The normalized spacial score (nSPS) is 14.1. The van der Waals surface area contributed by atoms with Crippen molar-refractivity contribution >= 4 is 16.8 Å². The van der Waals surface area contributed by atoms with Crippen LogP contribution in [0.2, 0.25) is 0 Å². The molecule has 1 amide bonds. The first-order valence-electron chi connectivity index (χ1n) is 8.63. The number of aromatic nitrogens is 2. The molecule has 2 aromatic heterocycles. The smallest absolute Gasteiger partial charge is 0.255 e. The zero-order valence-electron chi connectivity index (χ0n) is 14.5. The van der Waals surface area contributed by atoms with Crippen LogP contribution >= 0.6 is 0 Å². The molecule has 6 heteroatoms. The first-order valence-corrected chi connectivity index (χ1v) is 8.63. The highest BCUT2D eigenvalue weighted by Crippen LogP contribution is 2.21. The van der Waals surface area contributed by atoms with Gasteiger partial charge in [-0.05, 0) is 25.1 Å². The zero-order valence-corrected chi connectivity index (χ0v) is 14.5. The van der Waals surface area contributed by atoms with Crippen LogP contribution in [0.1, 0.15) is 17.3 Å². The third kappa shape index (κ3) is 3.31. The summed E-state index contributed by atoms with van der Waals surface area (Å²) in [6.07, 6.45) is 1.51.